The smallest absolute Gasteiger partial charge is 0.327 e. The summed E-state index contributed by atoms with van der Waals surface area (Å²) in [7, 11) is -3.06. The van der Waals surface area contributed by atoms with Gasteiger partial charge in [0.15, 0.2) is 4.90 Å². The first-order chi connectivity index (χ1) is 10.7. The number of aryl methyl sites for hydroxylation is 1. The van der Waals surface area contributed by atoms with Crippen LogP contribution in [0.4, 0.5) is 5.69 Å². The molecule has 0 saturated heterocycles. The van der Waals surface area contributed by atoms with E-state index >= 15 is 0 Å². The summed E-state index contributed by atoms with van der Waals surface area (Å²) in [6.07, 6.45) is 1.96. The highest BCUT2D eigenvalue weighted by Gasteiger charge is 2.46. The molecule has 1 aromatic carbocycles. The molecule has 0 bridgehead atoms. The van der Waals surface area contributed by atoms with Crippen molar-refractivity contribution >= 4 is 21.7 Å². The Morgan fingerprint density at radius 2 is 1.96 bits per heavy atom. The normalized spacial score (nSPS) is 17.0. The molecule has 0 spiro atoms. The van der Waals surface area contributed by atoms with Crippen LogP contribution in [0.3, 0.4) is 0 Å². The van der Waals surface area contributed by atoms with E-state index in [0.29, 0.717) is 31.2 Å². The number of sulfonamides is 1. The molecule has 8 nitrogen and oxygen atoms in total. The maximum absolute atomic E-state index is 12.6. The molecular weight excluding hydrogens is 324 g/mol. The summed E-state index contributed by atoms with van der Waals surface area (Å²) in [4.78, 5) is 22.0. The fraction of sp³-hybridized carbons (Fsp3) is 0.500. The summed E-state index contributed by atoms with van der Waals surface area (Å²) in [5, 5.41) is 11.1. The summed E-state index contributed by atoms with van der Waals surface area (Å²) >= 11 is 0. The van der Waals surface area contributed by atoms with Crippen molar-refractivity contribution in [3.05, 3.63) is 33.9 Å². The first kappa shape index (κ1) is 17.4. The molecule has 0 radical (unpaired) electrons. The van der Waals surface area contributed by atoms with E-state index in [9.17, 15) is 23.3 Å². The fourth-order valence-electron chi connectivity index (χ4n) is 2.83. The van der Waals surface area contributed by atoms with E-state index in [-0.39, 0.29) is 0 Å². The number of benzene rings is 1. The molecule has 1 aliphatic carbocycles. The van der Waals surface area contributed by atoms with Crippen LogP contribution in [0.2, 0.25) is 0 Å². The lowest BCUT2D eigenvalue weighted by molar-refractivity contribution is -0.387. The van der Waals surface area contributed by atoms with Crippen LogP contribution in [0.25, 0.3) is 0 Å². The molecule has 1 fully saturated rings. The molecule has 2 rings (SSSR count). The Bertz CT molecular complexity index is 738. The first-order valence-corrected chi connectivity index (χ1v) is 8.58. The largest absolute Gasteiger partial charge is 0.468 e. The van der Waals surface area contributed by atoms with Crippen LogP contribution < -0.4 is 4.72 Å². The average Bonchev–Trinajstić information content (AvgIpc) is 2.94. The third-order valence-corrected chi connectivity index (χ3v) is 5.55. The highest BCUT2D eigenvalue weighted by molar-refractivity contribution is 7.89. The average molecular weight is 342 g/mol. The molecule has 0 aliphatic heterocycles. The number of esters is 1. The van der Waals surface area contributed by atoms with Crippen molar-refractivity contribution < 1.29 is 22.9 Å². The van der Waals surface area contributed by atoms with Gasteiger partial charge in [0, 0.05) is 6.07 Å². The van der Waals surface area contributed by atoms with Crippen LogP contribution in [0.15, 0.2) is 23.1 Å². The van der Waals surface area contributed by atoms with Gasteiger partial charge in [-0.3, -0.25) is 14.9 Å². The standard InChI is InChI=1S/C14H18N2O6S/c1-10-5-6-12(11(9-10)16(18)19)23(20,21)15-14(13(17)22-2)7-3-4-8-14/h5-6,9,15H,3-4,7-8H2,1-2H3. The topological polar surface area (TPSA) is 116 Å². The van der Waals surface area contributed by atoms with E-state index in [1.807, 2.05) is 0 Å². The van der Waals surface area contributed by atoms with Crippen LogP contribution >= 0.6 is 0 Å². The number of ether oxygens (including phenoxy) is 1. The van der Waals surface area contributed by atoms with Crippen molar-refractivity contribution in [2.75, 3.05) is 7.11 Å². The van der Waals surface area contributed by atoms with Gasteiger partial charge >= 0.3 is 5.97 Å². The van der Waals surface area contributed by atoms with Crippen molar-refractivity contribution in [1.82, 2.24) is 4.72 Å². The summed E-state index contributed by atoms with van der Waals surface area (Å²) in [6.45, 7) is 1.63. The van der Waals surface area contributed by atoms with E-state index in [0.717, 1.165) is 0 Å². The zero-order valence-electron chi connectivity index (χ0n) is 12.9. The summed E-state index contributed by atoms with van der Waals surface area (Å²) in [6, 6.07) is 3.84. The molecule has 0 amide bonds. The number of nitro benzene ring substituents is 1. The Morgan fingerprint density at radius 1 is 1.35 bits per heavy atom. The van der Waals surface area contributed by atoms with Crippen molar-refractivity contribution in [3.63, 3.8) is 0 Å². The van der Waals surface area contributed by atoms with Gasteiger partial charge in [-0.15, -0.1) is 0 Å². The number of rotatable bonds is 5. The Labute approximate surface area is 134 Å². The quantitative estimate of drug-likeness (QED) is 0.494. The highest BCUT2D eigenvalue weighted by atomic mass is 32.2. The van der Waals surface area contributed by atoms with Gasteiger partial charge in [0.05, 0.1) is 12.0 Å². The highest BCUT2D eigenvalue weighted by Crippen LogP contribution is 2.34. The minimum absolute atomic E-state index is 0.304. The lowest BCUT2D eigenvalue weighted by Crippen LogP contribution is -2.53. The molecule has 0 unspecified atom stereocenters. The Balaban J connectivity index is 2.47. The summed E-state index contributed by atoms with van der Waals surface area (Å²) in [5.74, 6) is -0.673. The van der Waals surface area contributed by atoms with Gasteiger partial charge < -0.3 is 4.74 Å². The number of carbonyl (C=O) groups is 1. The van der Waals surface area contributed by atoms with E-state index in [4.69, 9.17) is 4.74 Å². The Hall–Kier alpha value is -2.00. The number of methoxy groups -OCH3 is 1. The number of nitrogens with one attached hydrogen (secondary N) is 1. The number of hydrogen-bond acceptors (Lipinski definition) is 6. The first-order valence-electron chi connectivity index (χ1n) is 7.09. The van der Waals surface area contributed by atoms with Crippen molar-refractivity contribution in [2.24, 2.45) is 0 Å². The predicted octanol–water partition coefficient (Wildman–Crippen LogP) is 1.67. The minimum atomic E-state index is -4.24. The SMILES string of the molecule is COC(=O)C1(NS(=O)(=O)c2ccc(C)cc2[N+](=O)[O-])CCCC1. The zero-order valence-corrected chi connectivity index (χ0v) is 13.7. The van der Waals surface area contributed by atoms with E-state index in [2.05, 4.69) is 4.72 Å². The molecule has 0 aromatic heterocycles. The van der Waals surface area contributed by atoms with Gasteiger partial charge in [-0.2, -0.15) is 4.72 Å². The maximum atomic E-state index is 12.6. The van der Waals surface area contributed by atoms with E-state index in [1.54, 1.807) is 6.92 Å². The van der Waals surface area contributed by atoms with Crippen molar-refractivity contribution in [3.8, 4) is 0 Å². The lowest BCUT2D eigenvalue weighted by Gasteiger charge is -2.26. The Morgan fingerprint density at radius 3 is 2.48 bits per heavy atom. The van der Waals surface area contributed by atoms with Crippen molar-refractivity contribution in [2.45, 2.75) is 43.0 Å². The molecule has 1 N–H and O–H groups in total. The monoisotopic (exact) mass is 342 g/mol. The third kappa shape index (κ3) is 3.35. The maximum Gasteiger partial charge on any atom is 0.327 e. The molecule has 23 heavy (non-hydrogen) atoms. The summed E-state index contributed by atoms with van der Waals surface area (Å²) < 4.78 is 32.3. The molecule has 1 aliphatic rings. The third-order valence-electron chi connectivity index (χ3n) is 3.96. The van der Waals surface area contributed by atoms with Gasteiger partial charge in [-0.1, -0.05) is 18.9 Å². The molecule has 0 heterocycles. The second-order valence-corrected chi connectivity index (χ2v) is 7.27. The lowest BCUT2D eigenvalue weighted by atomic mass is 10.00. The van der Waals surface area contributed by atoms with E-state index < -0.39 is 37.0 Å². The number of carbonyl (C=O) groups excluding carboxylic acids is 1. The zero-order chi connectivity index (χ0) is 17.3. The van der Waals surface area contributed by atoms with Gasteiger partial charge in [0.25, 0.3) is 5.69 Å². The van der Waals surface area contributed by atoms with Crippen LogP contribution in [-0.2, 0) is 19.6 Å². The van der Waals surface area contributed by atoms with Crippen LogP contribution in [0, 0.1) is 17.0 Å². The van der Waals surface area contributed by atoms with Crippen LogP contribution in [-0.4, -0.2) is 32.0 Å². The van der Waals surface area contributed by atoms with Gasteiger partial charge in [-0.05, 0) is 31.4 Å². The van der Waals surface area contributed by atoms with Gasteiger partial charge in [0.1, 0.15) is 5.54 Å². The minimum Gasteiger partial charge on any atom is -0.468 e. The number of nitrogens with zero attached hydrogens (tertiary/aromatic N) is 1. The van der Waals surface area contributed by atoms with Gasteiger partial charge in [-0.25, -0.2) is 8.42 Å². The second-order valence-electron chi connectivity index (χ2n) is 5.61. The van der Waals surface area contributed by atoms with Gasteiger partial charge in [0.2, 0.25) is 10.0 Å². The van der Waals surface area contributed by atoms with Crippen LogP contribution in [0.5, 0.6) is 0 Å². The van der Waals surface area contributed by atoms with Crippen LogP contribution in [0.1, 0.15) is 31.2 Å². The summed E-state index contributed by atoms with van der Waals surface area (Å²) in [5.41, 5.74) is -1.30. The predicted molar refractivity (Wildman–Crippen MR) is 81.4 cm³/mol. The Kier molecular flexibility index (Phi) is 4.71. The molecule has 126 valence electrons. The molecule has 0 atom stereocenters. The fourth-order valence-corrected chi connectivity index (χ4v) is 4.40. The molecule has 1 aromatic rings. The number of nitro groups is 1. The molecular formula is C14H18N2O6S. The van der Waals surface area contributed by atoms with E-state index in [1.165, 1.54) is 25.3 Å². The van der Waals surface area contributed by atoms with Crippen molar-refractivity contribution in [1.29, 1.82) is 0 Å². The second kappa shape index (κ2) is 6.25. The molecule has 9 heteroatoms. The number of hydrogen-bond donors (Lipinski definition) is 1. The molecule has 1 saturated carbocycles.